The number of hydrogen-bond acceptors (Lipinski definition) is 3. The fraction of sp³-hybridized carbons (Fsp3) is 0.875. The molecule has 0 saturated heterocycles. The Morgan fingerprint density at radius 2 is 2.31 bits per heavy atom. The minimum Gasteiger partial charge on any atom is -0.368 e. The van der Waals surface area contributed by atoms with Gasteiger partial charge in [-0.3, -0.25) is 10.2 Å². The van der Waals surface area contributed by atoms with E-state index in [1.807, 2.05) is 7.05 Å². The molecule has 1 atom stereocenters. The fourth-order valence-corrected chi connectivity index (χ4v) is 0.896. The van der Waals surface area contributed by atoms with Gasteiger partial charge in [-0.1, -0.05) is 6.92 Å². The van der Waals surface area contributed by atoms with Gasteiger partial charge in [-0.2, -0.15) is 0 Å². The van der Waals surface area contributed by atoms with Gasteiger partial charge in [0.2, 0.25) is 5.96 Å². The molecule has 78 valence electrons. The molecule has 0 heterocycles. The Hall–Kier alpha value is -0.810. The van der Waals surface area contributed by atoms with Gasteiger partial charge in [-0.15, -0.1) is 0 Å². The van der Waals surface area contributed by atoms with Crippen LogP contribution in [0.15, 0.2) is 4.99 Å². The second-order valence-corrected chi connectivity index (χ2v) is 3.12. The number of hydrogen-bond donors (Lipinski definition) is 3. The van der Waals surface area contributed by atoms with Gasteiger partial charge in [0.15, 0.2) is 0 Å². The Bertz CT molecular complexity index is 160. The van der Waals surface area contributed by atoms with Crippen molar-refractivity contribution in [3.63, 3.8) is 0 Å². The molecule has 4 N–H and O–H groups in total. The van der Waals surface area contributed by atoms with Crippen LogP contribution in [0.2, 0.25) is 0 Å². The van der Waals surface area contributed by atoms with Gasteiger partial charge in [0.25, 0.3) is 0 Å². The Morgan fingerprint density at radius 1 is 1.69 bits per heavy atom. The number of hydroxylamine groups is 1. The Balaban J connectivity index is 3.64. The van der Waals surface area contributed by atoms with Gasteiger partial charge in [0, 0.05) is 12.6 Å². The molecule has 0 fully saturated rings. The fourth-order valence-electron chi connectivity index (χ4n) is 0.896. The Kier molecular flexibility index (Phi) is 6.26. The minimum absolute atomic E-state index is 0.0672. The molecule has 0 aromatic heterocycles. The largest absolute Gasteiger partial charge is 0.368 e. The zero-order valence-corrected chi connectivity index (χ0v) is 8.62. The van der Waals surface area contributed by atoms with Crippen LogP contribution in [0, 0.1) is 0 Å². The van der Waals surface area contributed by atoms with Crippen molar-refractivity contribution >= 4 is 5.96 Å². The molecule has 0 aliphatic heterocycles. The third kappa shape index (κ3) is 5.43. The number of guanidine groups is 1. The maximum atomic E-state index is 8.34. The van der Waals surface area contributed by atoms with Gasteiger partial charge in [-0.05, 0) is 20.4 Å². The summed E-state index contributed by atoms with van der Waals surface area (Å²) in [6.45, 7) is 5.75. The third-order valence-electron chi connectivity index (χ3n) is 2.19. The van der Waals surface area contributed by atoms with E-state index in [2.05, 4.69) is 23.7 Å². The van der Waals surface area contributed by atoms with Crippen molar-refractivity contribution in [3.05, 3.63) is 0 Å². The van der Waals surface area contributed by atoms with Crippen LogP contribution in [0.3, 0.4) is 0 Å². The highest BCUT2D eigenvalue weighted by Gasteiger charge is 2.04. The molecule has 0 spiro atoms. The first-order valence-corrected chi connectivity index (χ1v) is 4.52. The normalized spacial score (nSPS) is 14.7. The molecule has 0 rings (SSSR count). The summed E-state index contributed by atoms with van der Waals surface area (Å²) >= 11 is 0. The van der Waals surface area contributed by atoms with Crippen LogP contribution in [0.1, 0.15) is 20.3 Å². The topological polar surface area (TPSA) is 73.9 Å². The summed E-state index contributed by atoms with van der Waals surface area (Å²) in [5, 5.41) is 8.34. The van der Waals surface area contributed by atoms with Crippen molar-refractivity contribution < 1.29 is 5.21 Å². The summed E-state index contributed by atoms with van der Waals surface area (Å²) in [5.41, 5.74) is 7.03. The summed E-state index contributed by atoms with van der Waals surface area (Å²) in [5.74, 6) is 0.0672. The number of nitrogens with zero attached hydrogens (tertiary/aromatic N) is 2. The van der Waals surface area contributed by atoms with E-state index in [1.54, 1.807) is 5.48 Å². The van der Waals surface area contributed by atoms with Crippen LogP contribution in [-0.4, -0.2) is 42.2 Å². The van der Waals surface area contributed by atoms with Crippen LogP contribution in [0.4, 0.5) is 0 Å². The van der Waals surface area contributed by atoms with E-state index in [0.29, 0.717) is 12.6 Å². The summed E-state index contributed by atoms with van der Waals surface area (Å²) in [6, 6.07) is 0.554. The number of likely N-dealkylation sites (N-methyl/N-ethyl adjacent to an activating group) is 1. The van der Waals surface area contributed by atoms with Crippen LogP contribution in [0.5, 0.6) is 0 Å². The van der Waals surface area contributed by atoms with Gasteiger partial charge in [-0.25, -0.2) is 5.48 Å². The molecular weight excluding hydrogens is 168 g/mol. The molecule has 5 nitrogen and oxygen atoms in total. The van der Waals surface area contributed by atoms with Crippen molar-refractivity contribution in [2.45, 2.75) is 26.3 Å². The van der Waals surface area contributed by atoms with E-state index in [1.165, 1.54) is 0 Å². The second-order valence-electron chi connectivity index (χ2n) is 3.12. The molecule has 0 aliphatic carbocycles. The minimum atomic E-state index is 0.0672. The second kappa shape index (κ2) is 6.68. The first kappa shape index (κ1) is 12.2. The lowest BCUT2D eigenvalue weighted by atomic mass is 10.2. The van der Waals surface area contributed by atoms with Crippen molar-refractivity contribution in [1.29, 1.82) is 0 Å². The van der Waals surface area contributed by atoms with Crippen LogP contribution < -0.4 is 11.2 Å². The summed E-state index contributed by atoms with van der Waals surface area (Å²) in [4.78, 5) is 6.09. The molecule has 0 aliphatic rings. The molecule has 0 aromatic carbocycles. The maximum Gasteiger partial charge on any atom is 0.212 e. The van der Waals surface area contributed by atoms with E-state index in [0.717, 1.165) is 13.0 Å². The maximum absolute atomic E-state index is 8.34. The molecule has 5 heteroatoms. The Morgan fingerprint density at radius 3 is 2.77 bits per heavy atom. The van der Waals surface area contributed by atoms with Gasteiger partial charge in [0.1, 0.15) is 0 Å². The first-order chi connectivity index (χ1) is 6.11. The molecule has 0 aromatic rings. The zero-order valence-electron chi connectivity index (χ0n) is 8.62. The molecule has 0 radical (unpaired) electrons. The molecule has 0 saturated carbocycles. The molecule has 13 heavy (non-hydrogen) atoms. The van der Waals surface area contributed by atoms with Crippen LogP contribution in [0.25, 0.3) is 0 Å². The monoisotopic (exact) mass is 188 g/mol. The van der Waals surface area contributed by atoms with E-state index in [9.17, 15) is 0 Å². The predicted molar refractivity (Wildman–Crippen MR) is 53.8 cm³/mol. The summed E-state index contributed by atoms with van der Waals surface area (Å²) in [7, 11) is 2.05. The highest BCUT2D eigenvalue weighted by atomic mass is 16.5. The van der Waals surface area contributed by atoms with E-state index >= 15 is 0 Å². The number of nitrogens with one attached hydrogen (secondary N) is 1. The predicted octanol–water partition coefficient (Wildman–Crippen LogP) is 0.0102. The van der Waals surface area contributed by atoms with Gasteiger partial charge < -0.3 is 10.6 Å². The van der Waals surface area contributed by atoms with Crippen LogP contribution in [-0.2, 0) is 0 Å². The average Bonchev–Trinajstić information content (AvgIpc) is 2.15. The van der Waals surface area contributed by atoms with Crippen molar-refractivity contribution in [1.82, 2.24) is 10.4 Å². The van der Waals surface area contributed by atoms with E-state index < -0.39 is 0 Å². The van der Waals surface area contributed by atoms with E-state index in [-0.39, 0.29) is 5.96 Å². The molecular formula is C8H20N4O. The van der Waals surface area contributed by atoms with Gasteiger partial charge in [0.05, 0.1) is 6.54 Å². The lowest BCUT2D eigenvalue weighted by Crippen LogP contribution is -2.33. The lowest BCUT2D eigenvalue weighted by Gasteiger charge is -2.22. The lowest BCUT2D eigenvalue weighted by molar-refractivity contribution is 0.231. The zero-order chi connectivity index (χ0) is 10.3. The average molecular weight is 188 g/mol. The summed E-state index contributed by atoms with van der Waals surface area (Å²) < 4.78 is 0. The van der Waals surface area contributed by atoms with Crippen LogP contribution >= 0.6 is 0 Å². The highest BCUT2D eigenvalue weighted by molar-refractivity contribution is 5.76. The molecule has 1 unspecified atom stereocenters. The molecule has 0 bridgehead atoms. The number of nitrogens with two attached hydrogens (primary N) is 1. The third-order valence-corrected chi connectivity index (χ3v) is 2.19. The van der Waals surface area contributed by atoms with Crippen molar-refractivity contribution in [3.8, 4) is 0 Å². The standard InChI is InChI=1S/C8H20N4O/c1-4-7(2)12(3)6-5-10-8(9)11-13/h7,13H,4-6H2,1-3H3,(H3,9,10,11). The van der Waals surface area contributed by atoms with Crippen molar-refractivity contribution in [2.24, 2.45) is 10.7 Å². The Labute approximate surface area is 79.6 Å². The summed E-state index contributed by atoms with van der Waals surface area (Å²) in [6.07, 6.45) is 1.12. The quantitative estimate of drug-likeness (QED) is 0.323. The SMILES string of the molecule is CCC(C)N(C)CCN=C(N)NO. The first-order valence-electron chi connectivity index (χ1n) is 4.52. The number of rotatable bonds is 5. The van der Waals surface area contributed by atoms with Crippen molar-refractivity contribution in [2.75, 3.05) is 20.1 Å². The van der Waals surface area contributed by atoms with Gasteiger partial charge >= 0.3 is 0 Å². The smallest absolute Gasteiger partial charge is 0.212 e. The highest BCUT2D eigenvalue weighted by Crippen LogP contribution is 1.98. The number of aliphatic imine (C=N–C) groups is 1. The molecule has 0 amide bonds. The van der Waals surface area contributed by atoms with E-state index in [4.69, 9.17) is 10.9 Å².